The number of phenols is 1. The molecule has 1 aliphatic heterocycles. The second-order valence-corrected chi connectivity index (χ2v) is 9.48. The number of rotatable bonds is 5. The Bertz CT molecular complexity index is 1040. The minimum Gasteiger partial charge on any atom is -0.507 e. The van der Waals surface area contributed by atoms with Gasteiger partial charge in [-0.15, -0.1) is 11.3 Å². The first-order chi connectivity index (χ1) is 14.5. The third-order valence-electron chi connectivity index (χ3n) is 6.44. The van der Waals surface area contributed by atoms with E-state index in [1.54, 1.807) is 13.2 Å². The molecule has 3 atom stereocenters. The van der Waals surface area contributed by atoms with Crippen LogP contribution in [0.3, 0.4) is 0 Å². The maximum absolute atomic E-state index is 10.7. The maximum Gasteiger partial charge on any atom is 0.126 e. The normalized spacial score (nSPS) is 25.4. The van der Waals surface area contributed by atoms with Crippen LogP contribution in [0.2, 0.25) is 0 Å². The molecule has 30 heavy (non-hydrogen) atoms. The fourth-order valence-corrected chi connectivity index (χ4v) is 6.01. The number of fused-ring (bicyclic) bond motifs is 1. The van der Waals surface area contributed by atoms with Gasteiger partial charge in [0.2, 0.25) is 0 Å². The highest BCUT2D eigenvalue weighted by atomic mass is 32.1. The van der Waals surface area contributed by atoms with Crippen molar-refractivity contribution in [2.75, 3.05) is 13.7 Å². The van der Waals surface area contributed by atoms with Crippen LogP contribution < -0.4 is 4.74 Å². The van der Waals surface area contributed by atoms with E-state index in [1.165, 1.54) is 15.0 Å². The summed E-state index contributed by atoms with van der Waals surface area (Å²) in [5.74, 6) is 0.764. The zero-order valence-electron chi connectivity index (χ0n) is 16.9. The Morgan fingerprint density at radius 1 is 1.17 bits per heavy atom. The van der Waals surface area contributed by atoms with E-state index in [2.05, 4.69) is 30.3 Å². The largest absolute Gasteiger partial charge is 0.507 e. The lowest BCUT2D eigenvalue weighted by Gasteiger charge is -2.33. The van der Waals surface area contributed by atoms with E-state index in [9.17, 15) is 15.3 Å². The zero-order chi connectivity index (χ0) is 20.9. The van der Waals surface area contributed by atoms with Gasteiger partial charge in [0, 0.05) is 45.0 Å². The number of methoxy groups -OCH3 is 1. The molecule has 0 bridgehead atoms. The minimum atomic E-state index is -0.566. The number of benzene rings is 2. The van der Waals surface area contributed by atoms with Crippen molar-refractivity contribution in [2.24, 2.45) is 0 Å². The molecule has 1 aliphatic carbocycles. The Balaban J connectivity index is 1.58. The van der Waals surface area contributed by atoms with Crippen LogP contribution in [0.1, 0.15) is 47.8 Å². The Hall–Kier alpha value is -2.12. The maximum atomic E-state index is 10.7. The standard InChI is InChI=1S/C24H26O5S/c1-28-21-12-19(27)17(20-10-15(26)9-16(13-25)29-20)11-18(21)24(6-7-24)23-8-14-4-2-3-5-22(14)30-23/h2-5,8,11-12,15-16,20,25-27H,6-7,9-10,13H2,1H3. The number of phenolic OH excluding ortho intramolecular Hbond substituents is 1. The molecule has 6 heteroatoms. The van der Waals surface area contributed by atoms with Crippen LogP contribution in [0, 0.1) is 0 Å². The van der Waals surface area contributed by atoms with Gasteiger partial charge in [0.15, 0.2) is 0 Å². The van der Waals surface area contributed by atoms with E-state index in [1.807, 2.05) is 17.4 Å². The summed E-state index contributed by atoms with van der Waals surface area (Å²) < 4.78 is 12.9. The Morgan fingerprint density at radius 2 is 1.97 bits per heavy atom. The molecule has 5 nitrogen and oxygen atoms in total. The SMILES string of the molecule is COc1cc(O)c(C2CC(O)CC(CO)O2)cc1C1(c2cc3ccccc3s2)CC1. The van der Waals surface area contributed by atoms with Crippen molar-refractivity contribution >= 4 is 21.4 Å². The fraction of sp³-hybridized carbons (Fsp3) is 0.417. The molecule has 2 heterocycles. The summed E-state index contributed by atoms with van der Waals surface area (Å²) in [6.45, 7) is -0.150. The molecular formula is C24H26O5S. The lowest BCUT2D eigenvalue weighted by Crippen LogP contribution is -2.33. The third kappa shape index (κ3) is 3.28. The van der Waals surface area contributed by atoms with Gasteiger partial charge in [-0.05, 0) is 36.4 Å². The molecule has 158 valence electrons. The van der Waals surface area contributed by atoms with E-state index < -0.39 is 18.3 Å². The monoisotopic (exact) mass is 426 g/mol. The molecule has 5 rings (SSSR count). The van der Waals surface area contributed by atoms with Gasteiger partial charge < -0.3 is 24.8 Å². The molecule has 3 aromatic rings. The number of thiophene rings is 1. The summed E-state index contributed by atoms with van der Waals surface area (Å²) in [5, 5.41) is 31.7. The van der Waals surface area contributed by atoms with Crippen molar-refractivity contribution in [1.82, 2.24) is 0 Å². The molecule has 0 amide bonds. The van der Waals surface area contributed by atoms with E-state index in [4.69, 9.17) is 9.47 Å². The number of aliphatic hydroxyl groups is 2. The van der Waals surface area contributed by atoms with Gasteiger partial charge in [-0.3, -0.25) is 0 Å². The number of hydrogen-bond acceptors (Lipinski definition) is 6. The molecule has 3 unspecified atom stereocenters. The van der Waals surface area contributed by atoms with E-state index in [0.717, 1.165) is 18.4 Å². The van der Waals surface area contributed by atoms with Crippen molar-refractivity contribution in [1.29, 1.82) is 0 Å². The Labute approximate surface area is 179 Å². The van der Waals surface area contributed by atoms with Gasteiger partial charge in [-0.25, -0.2) is 0 Å². The number of aromatic hydroxyl groups is 1. The Kier molecular flexibility index (Phi) is 4.98. The first-order valence-corrected chi connectivity index (χ1v) is 11.2. The topological polar surface area (TPSA) is 79.2 Å². The van der Waals surface area contributed by atoms with Crippen LogP contribution in [0.15, 0.2) is 42.5 Å². The highest BCUT2D eigenvalue weighted by Crippen LogP contribution is 2.59. The second-order valence-electron chi connectivity index (χ2n) is 8.40. The fourth-order valence-electron chi connectivity index (χ4n) is 4.69. The third-order valence-corrected chi connectivity index (χ3v) is 7.76. The van der Waals surface area contributed by atoms with Gasteiger partial charge in [-0.2, -0.15) is 0 Å². The average molecular weight is 427 g/mol. The van der Waals surface area contributed by atoms with Crippen molar-refractivity contribution in [2.45, 2.75) is 49.4 Å². The Morgan fingerprint density at radius 3 is 2.67 bits per heavy atom. The number of hydrogen-bond donors (Lipinski definition) is 3. The quantitative estimate of drug-likeness (QED) is 0.568. The molecule has 0 radical (unpaired) electrons. The van der Waals surface area contributed by atoms with Gasteiger partial charge >= 0.3 is 0 Å². The van der Waals surface area contributed by atoms with Crippen LogP contribution in [0.4, 0.5) is 0 Å². The highest BCUT2D eigenvalue weighted by Gasteiger charge is 2.49. The molecule has 0 spiro atoms. The smallest absolute Gasteiger partial charge is 0.126 e. The summed E-state index contributed by atoms with van der Waals surface area (Å²) in [5.41, 5.74) is 1.57. The summed E-state index contributed by atoms with van der Waals surface area (Å²) in [6, 6.07) is 14.3. The minimum absolute atomic E-state index is 0.0959. The number of aliphatic hydroxyl groups excluding tert-OH is 2. The van der Waals surface area contributed by atoms with Gasteiger partial charge in [-0.1, -0.05) is 18.2 Å². The van der Waals surface area contributed by atoms with Crippen molar-refractivity contribution in [3.05, 3.63) is 58.5 Å². The molecule has 2 fully saturated rings. The van der Waals surface area contributed by atoms with Crippen molar-refractivity contribution in [3.63, 3.8) is 0 Å². The summed E-state index contributed by atoms with van der Waals surface area (Å²) in [6.07, 6.45) is 1.38. The zero-order valence-corrected chi connectivity index (χ0v) is 17.7. The molecule has 1 aromatic heterocycles. The molecule has 1 saturated carbocycles. The molecular weight excluding hydrogens is 400 g/mol. The summed E-state index contributed by atoms with van der Waals surface area (Å²) >= 11 is 1.81. The second kappa shape index (κ2) is 7.54. The van der Waals surface area contributed by atoms with Gasteiger partial charge in [0.05, 0.1) is 32.0 Å². The molecule has 1 saturated heterocycles. The first kappa shape index (κ1) is 19.8. The van der Waals surface area contributed by atoms with Crippen molar-refractivity contribution < 1.29 is 24.8 Å². The van der Waals surface area contributed by atoms with Crippen LogP contribution in [-0.2, 0) is 10.2 Å². The van der Waals surface area contributed by atoms with Gasteiger partial charge in [0.25, 0.3) is 0 Å². The van der Waals surface area contributed by atoms with Crippen LogP contribution in [0.5, 0.6) is 11.5 Å². The summed E-state index contributed by atoms with van der Waals surface area (Å²) in [7, 11) is 1.63. The lowest BCUT2D eigenvalue weighted by atomic mass is 9.88. The van der Waals surface area contributed by atoms with Gasteiger partial charge in [0.1, 0.15) is 11.5 Å². The van der Waals surface area contributed by atoms with Crippen LogP contribution in [0.25, 0.3) is 10.1 Å². The van der Waals surface area contributed by atoms with E-state index in [0.29, 0.717) is 24.2 Å². The first-order valence-electron chi connectivity index (χ1n) is 10.4. The predicted octanol–water partition coefficient (Wildman–Crippen LogP) is 4.27. The van der Waals surface area contributed by atoms with Crippen LogP contribution in [-0.4, -0.2) is 41.2 Å². The molecule has 3 N–H and O–H groups in total. The van der Waals surface area contributed by atoms with E-state index in [-0.39, 0.29) is 17.8 Å². The molecule has 2 aromatic carbocycles. The molecule has 2 aliphatic rings. The number of ether oxygens (including phenoxy) is 2. The van der Waals surface area contributed by atoms with Crippen molar-refractivity contribution in [3.8, 4) is 11.5 Å². The predicted molar refractivity (Wildman–Crippen MR) is 116 cm³/mol. The van der Waals surface area contributed by atoms with Crippen LogP contribution >= 0.6 is 11.3 Å². The lowest BCUT2D eigenvalue weighted by molar-refractivity contribution is -0.114. The summed E-state index contributed by atoms with van der Waals surface area (Å²) in [4.78, 5) is 1.30. The van der Waals surface area contributed by atoms with E-state index >= 15 is 0 Å². The highest BCUT2D eigenvalue weighted by molar-refractivity contribution is 7.19. The average Bonchev–Trinajstić information content (AvgIpc) is 3.44.